The molecule has 0 aliphatic rings. The SMILES string of the molecule is NC(=O)c1c(N)nsc1NCC(O)C(F)F. The zero-order chi connectivity index (χ0) is 12.3. The lowest BCUT2D eigenvalue weighted by atomic mass is 10.3. The van der Waals surface area contributed by atoms with Crippen molar-refractivity contribution < 1.29 is 18.7 Å². The summed E-state index contributed by atoms with van der Waals surface area (Å²) in [5, 5.41) is 11.5. The number of anilines is 2. The van der Waals surface area contributed by atoms with Crippen molar-refractivity contribution in [2.75, 3.05) is 17.6 Å². The highest BCUT2D eigenvalue weighted by molar-refractivity contribution is 7.11. The standard InChI is InChI=1S/C7H10F2N4O2S/c8-4(9)2(14)1-12-7-3(6(11)15)5(10)13-16-7/h2,4,12,14H,1H2,(H2,10,13)(H2,11,15). The van der Waals surface area contributed by atoms with Gasteiger partial charge in [0.1, 0.15) is 16.7 Å². The van der Waals surface area contributed by atoms with Gasteiger partial charge in [0.25, 0.3) is 12.3 Å². The molecule has 0 radical (unpaired) electrons. The number of rotatable bonds is 5. The molecular formula is C7H10F2N4O2S. The molecule has 1 aromatic rings. The third-order valence-corrected chi connectivity index (χ3v) is 2.55. The summed E-state index contributed by atoms with van der Waals surface area (Å²) in [6.45, 7) is -0.417. The van der Waals surface area contributed by atoms with Gasteiger partial charge < -0.3 is 21.9 Å². The Hall–Kier alpha value is -1.48. The molecule has 1 unspecified atom stereocenters. The maximum atomic E-state index is 12.0. The van der Waals surface area contributed by atoms with E-state index in [-0.39, 0.29) is 16.4 Å². The molecule has 0 fully saturated rings. The largest absolute Gasteiger partial charge is 0.385 e. The zero-order valence-corrected chi connectivity index (χ0v) is 8.80. The lowest BCUT2D eigenvalue weighted by Gasteiger charge is -2.10. The third kappa shape index (κ3) is 2.76. The van der Waals surface area contributed by atoms with E-state index >= 15 is 0 Å². The molecule has 9 heteroatoms. The van der Waals surface area contributed by atoms with E-state index in [1.165, 1.54) is 0 Å². The van der Waals surface area contributed by atoms with E-state index < -0.39 is 25.0 Å². The summed E-state index contributed by atoms with van der Waals surface area (Å²) in [6.07, 6.45) is -4.70. The Kier molecular flexibility index (Phi) is 3.96. The van der Waals surface area contributed by atoms with E-state index in [1.54, 1.807) is 0 Å². The summed E-state index contributed by atoms with van der Waals surface area (Å²) < 4.78 is 27.6. The number of aliphatic hydroxyl groups excluding tert-OH is 1. The Morgan fingerprint density at radius 2 is 2.25 bits per heavy atom. The number of hydrogen-bond acceptors (Lipinski definition) is 6. The van der Waals surface area contributed by atoms with Gasteiger partial charge in [-0.2, -0.15) is 4.37 Å². The number of nitrogens with two attached hydrogens (primary N) is 2. The van der Waals surface area contributed by atoms with Gasteiger partial charge in [0.2, 0.25) is 0 Å². The van der Waals surface area contributed by atoms with E-state index in [0.717, 1.165) is 11.5 Å². The Morgan fingerprint density at radius 1 is 1.62 bits per heavy atom. The monoisotopic (exact) mass is 252 g/mol. The van der Waals surface area contributed by atoms with E-state index in [4.69, 9.17) is 16.6 Å². The number of aromatic nitrogens is 1. The van der Waals surface area contributed by atoms with Crippen molar-refractivity contribution >= 4 is 28.3 Å². The molecule has 6 N–H and O–H groups in total. The van der Waals surface area contributed by atoms with Crippen LogP contribution in [0, 0.1) is 0 Å². The molecule has 0 aliphatic heterocycles. The van der Waals surface area contributed by atoms with Crippen LogP contribution in [-0.2, 0) is 0 Å². The summed E-state index contributed by atoms with van der Waals surface area (Å²) in [4.78, 5) is 10.9. The number of nitrogen functional groups attached to an aromatic ring is 1. The molecule has 0 saturated heterocycles. The van der Waals surface area contributed by atoms with Gasteiger partial charge in [-0.05, 0) is 11.5 Å². The first kappa shape index (κ1) is 12.6. The van der Waals surface area contributed by atoms with Gasteiger partial charge >= 0.3 is 0 Å². The summed E-state index contributed by atoms with van der Waals surface area (Å²) in [5.74, 6) is -0.869. The molecule has 16 heavy (non-hydrogen) atoms. The van der Waals surface area contributed by atoms with Gasteiger partial charge in [-0.25, -0.2) is 8.78 Å². The second-order valence-corrected chi connectivity index (χ2v) is 3.69. The van der Waals surface area contributed by atoms with E-state index in [0.29, 0.717) is 0 Å². The minimum Gasteiger partial charge on any atom is -0.385 e. The molecule has 1 amide bonds. The number of halogens is 2. The van der Waals surface area contributed by atoms with Crippen LogP contribution >= 0.6 is 11.5 Å². The highest BCUT2D eigenvalue weighted by Gasteiger charge is 2.20. The van der Waals surface area contributed by atoms with Gasteiger partial charge in [0.05, 0.1) is 0 Å². The molecule has 1 aromatic heterocycles. The molecule has 1 atom stereocenters. The lowest BCUT2D eigenvalue weighted by molar-refractivity contribution is 0.00387. The number of nitrogens with one attached hydrogen (secondary N) is 1. The molecule has 6 nitrogen and oxygen atoms in total. The summed E-state index contributed by atoms with van der Waals surface area (Å²) in [6, 6.07) is 0. The van der Waals surface area contributed by atoms with Crippen LogP contribution in [0.15, 0.2) is 0 Å². The summed E-state index contributed by atoms with van der Waals surface area (Å²) in [5.41, 5.74) is 10.3. The number of nitrogens with zero attached hydrogens (tertiary/aromatic N) is 1. The molecule has 0 aromatic carbocycles. The molecule has 0 saturated carbocycles. The average molecular weight is 252 g/mol. The van der Waals surface area contributed by atoms with Crippen LogP contribution in [0.4, 0.5) is 19.6 Å². The summed E-state index contributed by atoms with van der Waals surface area (Å²) >= 11 is 0.815. The number of hydrogen-bond donors (Lipinski definition) is 4. The van der Waals surface area contributed by atoms with Gasteiger partial charge in [0.15, 0.2) is 5.82 Å². The van der Waals surface area contributed by atoms with E-state index in [2.05, 4.69) is 9.69 Å². The fourth-order valence-corrected chi connectivity index (χ4v) is 1.67. The molecule has 0 spiro atoms. The molecular weight excluding hydrogens is 242 g/mol. The van der Waals surface area contributed by atoms with Gasteiger partial charge in [-0.3, -0.25) is 4.79 Å². The topological polar surface area (TPSA) is 114 Å². The van der Waals surface area contributed by atoms with Gasteiger partial charge in [-0.15, -0.1) is 0 Å². The maximum Gasteiger partial charge on any atom is 0.265 e. The minimum atomic E-state index is -2.87. The second kappa shape index (κ2) is 5.03. The number of alkyl halides is 2. The highest BCUT2D eigenvalue weighted by atomic mass is 32.1. The number of carbonyl (C=O) groups is 1. The number of aliphatic hydroxyl groups is 1. The predicted octanol–water partition coefficient (Wildman–Crippen LogP) is -0.138. The van der Waals surface area contributed by atoms with Crippen molar-refractivity contribution in [3.8, 4) is 0 Å². The Morgan fingerprint density at radius 3 is 2.75 bits per heavy atom. The van der Waals surface area contributed by atoms with E-state index in [1.807, 2.05) is 0 Å². The average Bonchev–Trinajstić information content (AvgIpc) is 2.55. The fourth-order valence-electron chi connectivity index (χ4n) is 0.948. The zero-order valence-electron chi connectivity index (χ0n) is 7.98. The molecule has 1 heterocycles. The van der Waals surface area contributed by atoms with Crippen LogP contribution in [0.25, 0.3) is 0 Å². The third-order valence-electron chi connectivity index (χ3n) is 1.73. The maximum absolute atomic E-state index is 12.0. The number of carbonyl (C=O) groups excluding carboxylic acids is 1. The van der Waals surface area contributed by atoms with Crippen molar-refractivity contribution in [1.29, 1.82) is 0 Å². The summed E-state index contributed by atoms with van der Waals surface area (Å²) in [7, 11) is 0. The van der Waals surface area contributed by atoms with Gasteiger partial charge in [-0.1, -0.05) is 0 Å². The van der Waals surface area contributed by atoms with Crippen molar-refractivity contribution in [2.45, 2.75) is 12.5 Å². The van der Waals surface area contributed by atoms with E-state index in [9.17, 15) is 13.6 Å². The minimum absolute atomic E-state index is 0.0496. The van der Waals surface area contributed by atoms with Crippen molar-refractivity contribution in [2.24, 2.45) is 5.73 Å². The molecule has 0 aliphatic carbocycles. The quantitative estimate of drug-likeness (QED) is 0.582. The van der Waals surface area contributed by atoms with Crippen molar-refractivity contribution in [3.63, 3.8) is 0 Å². The fraction of sp³-hybridized carbons (Fsp3) is 0.429. The number of amides is 1. The first-order chi connectivity index (χ1) is 7.43. The molecule has 1 rings (SSSR count). The highest BCUT2D eigenvalue weighted by Crippen LogP contribution is 2.26. The van der Waals surface area contributed by atoms with Crippen LogP contribution in [0.2, 0.25) is 0 Å². The van der Waals surface area contributed by atoms with Crippen molar-refractivity contribution in [1.82, 2.24) is 4.37 Å². The van der Waals surface area contributed by atoms with Gasteiger partial charge in [0, 0.05) is 6.54 Å². The first-order valence-electron chi connectivity index (χ1n) is 4.18. The van der Waals surface area contributed by atoms with Crippen LogP contribution in [-0.4, -0.2) is 34.5 Å². The predicted molar refractivity (Wildman–Crippen MR) is 55.5 cm³/mol. The van der Waals surface area contributed by atoms with Crippen LogP contribution in [0.1, 0.15) is 10.4 Å². The first-order valence-corrected chi connectivity index (χ1v) is 4.95. The van der Waals surface area contributed by atoms with Crippen LogP contribution in [0.3, 0.4) is 0 Å². The Labute approximate surface area is 93.4 Å². The second-order valence-electron chi connectivity index (χ2n) is 2.92. The van der Waals surface area contributed by atoms with Crippen molar-refractivity contribution in [3.05, 3.63) is 5.56 Å². The smallest absolute Gasteiger partial charge is 0.265 e. The normalized spacial score (nSPS) is 12.8. The van der Waals surface area contributed by atoms with Crippen LogP contribution in [0.5, 0.6) is 0 Å². The molecule has 0 bridgehead atoms. The molecule has 90 valence electrons. The van der Waals surface area contributed by atoms with Crippen LogP contribution < -0.4 is 16.8 Å². The number of primary amides is 1. The lowest BCUT2D eigenvalue weighted by Crippen LogP contribution is -2.27. The Bertz CT molecular complexity index is 384. The Balaban J connectivity index is 2.71.